The summed E-state index contributed by atoms with van der Waals surface area (Å²) in [6.07, 6.45) is 4.44. The van der Waals surface area contributed by atoms with Crippen molar-refractivity contribution in [1.29, 1.82) is 0 Å². The van der Waals surface area contributed by atoms with Gasteiger partial charge in [-0.25, -0.2) is 4.99 Å². The Balaban J connectivity index is 1.35. The van der Waals surface area contributed by atoms with Gasteiger partial charge in [-0.3, -0.25) is 0 Å². The molecular formula is C22H29N5S. The zero-order chi connectivity index (χ0) is 19.2. The molecule has 0 unspecified atom stereocenters. The first-order valence-corrected chi connectivity index (χ1v) is 11.0. The van der Waals surface area contributed by atoms with Gasteiger partial charge >= 0.3 is 0 Å². The van der Waals surface area contributed by atoms with E-state index in [1.807, 2.05) is 11.3 Å². The monoisotopic (exact) mass is 395 g/mol. The molecule has 28 heavy (non-hydrogen) atoms. The molecule has 0 spiro atoms. The zero-order valence-corrected chi connectivity index (χ0v) is 17.4. The van der Waals surface area contributed by atoms with E-state index in [-0.39, 0.29) is 0 Å². The summed E-state index contributed by atoms with van der Waals surface area (Å²) in [7, 11) is 0. The third-order valence-corrected chi connectivity index (χ3v) is 6.19. The molecule has 2 aliphatic heterocycles. The van der Waals surface area contributed by atoms with Crippen molar-refractivity contribution in [3.8, 4) is 0 Å². The first-order valence-electron chi connectivity index (χ1n) is 10.1. The zero-order valence-electron chi connectivity index (χ0n) is 16.6. The van der Waals surface area contributed by atoms with Crippen LogP contribution in [0.5, 0.6) is 0 Å². The second-order valence-electron chi connectivity index (χ2n) is 7.14. The van der Waals surface area contributed by atoms with Crippen LogP contribution in [0.25, 0.3) is 0 Å². The molecule has 0 saturated carbocycles. The lowest BCUT2D eigenvalue weighted by atomic mass is 10.2. The Morgan fingerprint density at radius 1 is 1.00 bits per heavy atom. The summed E-state index contributed by atoms with van der Waals surface area (Å²) in [5.74, 6) is 1.03. The van der Waals surface area contributed by atoms with Crippen molar-refractivity contribution in [2.75, 3.05) is 55.6 Å². The number of thiophene rings is 1. The molecule has 6 heteroatoms. The highest BCUT2D eigenvalue weighted by Crippen LogP contribution is 2.22. The standard InChI is InChI=1S/C22H29N5S/c1-2-23-22(27-15-13-26(14-16-27)21-6-5-17-28-21)24-18-19-7-9-20(10-8-19)25-11-3-4-12-25/h3-10,17H,2,11-16,18H2,1H3,(H,23,24). The van der Waals surface area contributed by atoms with E-state index >= 15 is 0 Å². The van der Waals surface area contributed by atoms with Crippen molar-refractivity contribution in [2.24, 2.45) is 4.99 Å². The normalized spacial score (nSPS) is 17.5. The minimum Gasteiger partial charge on any atom is -0.364 e. The first-order chi connectivity index (χ1) is 13.8. The van der Waals surface area contributed by atoms with Gasteiger partial charge in [0.1, 0.15) is 0 Å². The smallest absolute Gasteiger partial charge is 0.194 e. The van der Waals surface area contributed by atoms with Gasteiger partial charge < -0.3 is 20.0 Å². The molecule has 1 aromatic carbocycles. The van der Waals surface area contributed by atoms with E-state index in [1.165, 1.54) is 16.3 Å². The van der Waals surface area contributed by atoms with Gasteiger partial charge in [0.2, 0.25) is 0 Å². The molecule has 0 amide bonds. The number of nitrogens with one attached hydrogen (secondary N) is 1. The number of benzene rings is 1. The number of anilines is 2. The molecule has 1 fully saturated rings. The summed E-state index contributed by atoms with van der Waals surface area (Å²) in [5.41, 5.74) is 2.54. The Morgan fingerprint density at radius 2 is 1.75 bits per heavy atom. The molecule has 1 aromatic heterocycles. The lowest BCUT2D eigenvalue weighted by Gasteiger charge is -2.37. The minimum atomic E-state index is 0.714. The van der Waals surface area contributed by atoms with Gasteiger partial charge in [-0.2, -0.15) is 0 Å². The van der Waals surface area contributed by atoms with Crippen LogP contribution in [0.15, 0.2) is 58.9 Å². The van der Waals surface area contributed by atoms with Gasteiger partial charge in [0, 0.05) is 51.5 Å². The van der Waals surface area contributed by atoms with Crippen LogP contribution in [0.4, 0.5) is 10.7 Å². The van der Waals surface area contributed by atoms with Gasteiger partial charge in [0.05, 0.1) is 11.5 Å². The van der Waals surface area contributed by atoms with E-state index in [0.717, 1.165) is 51.8 Å². The van der Waals surface area contributed by atoms with Crippen molar-refractivity contribution in [2.45, 2.75) is 13.5 Å². The van der Waals surface area contributed by atoms with E-state index in [1.54, 1.807) is 0 Å². The lowest BCUT2D eigenvalue weighted by Crippen LogP contribution is -2.52. The Bertz CT molecular complexity index is 781. The number of nitrogens with zero attached hydrogens (tertiary/aromatic N) is 4. The highest BCUT2D eigenvalue weighted by molar-refractivity contribution is 7.14. The van der Waals surface area contributed by atoms with Gasteiger partial charge in [-0.1, -0.05) is 24.3 Å². The average molecular weight is 396 g/mol. The van der Waals surface area contributed by atoms with Crippen molar-refractivity contribution < 1.29 is 0 Å². The fraction of sp³-hybridized carbons (Fsp3) is 0.409. The fourth-order valence-electron chi connectivity index (χ4n) is 3.68. The van der Waals surface area contributed by atoms with Gasteiger partial charge in [0.25, 0.3) is 0 Å². The van der Waals surface area contributed by atoms with Gasteiger partial charge in [-0.15, -0.1) is 11.3 Å². The maximum Gasteiger partial charge on any atom is 0.194 e. The van der Waals surface area contributed by atoms with E-state index in [0.29, 0.717) is 6.54 Å². The summed E-state index contributed by atoms with van der Waals surface area (Å²) in [6.45, 7) is 9.87. The Hall–Kier alpha value is -2.47. The SMILES string of the molecule is CCNC(=NCc1ccc(N2CC=CC2)cc1)N1CCN(c2cccs2)CC1. The van der Waals surface area contributed by atoms with E-state index in [9.17, 15) is 0 Å². The molecule has 5 nitrogen and oxygen atoms in total. The molecule has 4 rings (SSSR count). The van der Waals surface area contributed by atoms with Crippen LogP contribution in [0.1, 0.15) is 12.5 Å². The molecule has 2 aliphatic rings. The van der Waals surface area contributed by atoms with E-state index in [2.05, 4.69) is 80.9 Å². The van der Waals surface area contributed by atoms with Crippen LogP contribution >= 0.6 is 11.3 Å². The minimum absolute atomic E-state index is 0.714. The van der Waals surface area contributed by atoms with Crippen LogP contribution in [-0.4, -0.2) is 56.7 Å². The molecular weight excluding hydrogens is 366 g/mol. The lowest BCUT2D eigenvalue weighted by molar-refractivity contribution is 0.373. The maximum absolute atomic E-state index is 4.91. The second-order valence-corrected chi connectivity index (χ2v) is 8.06. The number of rotatable bonds is 5. The van der Waals surface area contributed by atoms with Crippen LogP contribution in [0, 0.1) is 0 Å². The van der Waals surface area contributed by atoms with Crippen molar-refractivity contribution >= 4 is 28.0 Å². The van der Waals surface area contributed by atoms with E-state index < -0.39 is 0 Å². The predicted octanol–water partition coefficient (Wildman–Crippen LogP) is 3.41. The molecule has 3 heterocycles. The third-order valence-electron chi connectivity index (χ3n) is 5.26. The molecule has 0 aliphatic carbocycles. The highest BCUT2D eigenvalue weighted by atomic mass is 32.1. The van der Waals surface area contributed by atoms with Crippen LogP contribution in [0.3, 0.4) is 0 Å². The summed E-state index contributed by atoms with van der Waals surface area (Å²) < 4.78 is 0. The summed E-state index contributed by atoms with van der Waals surface area (Å²) in [5, 5.41) is 6.99. The topological polar surface area (TPSA) is 34.1 Å². The number of hydrogen-bond donors (Lipinski definition) is 1. The Labute approximate surface area is 172 Å². The molecule has 2 aromatic rings. The summed E-state index contributed by atoms with van der Waals surface area (Å²) in [4.78, 5) is 12.1. The number of piperazine rings is 1. The molecule has 0 atom stereocenters. The fourth-order valence-corrected chi connectivity index (χ4v) is 4.47. The maximum atomic E-state index is 4.91. The number of guanidine groups is 1. The van der Waals surface area contributed by atoms with Crippen molar-refractivity contribution in [3.63, 3.8) is 0 Å². The largest absolute Gasteiger partial charge is 0.364 e. The quantitative estimate of drug-likeness (QED) is 0.478. The second kappa shape index (κ2) is 9.15. The molecule has 0 radical (unpaired) electrons. The van der Waals surface area contributed by atoms with Crippen molar-refractivity contribution in [1.82, 2.24) is 10.2 Å². The van der Waals surface area contributed by atoms with Gasteiger partial charge in [-0.05, 0) is 42.1 Å². The van der Waals surface area contributed by atoms with E-state index in [4.69, 9.17) is 4.99 Å². The van der Waals surface area contributed by atoms with Crippen LogP contribution in [-0.2, 0) is 6.54 Å². The number of hydrogen-bond acceptors (Lipinski definition) is 4. The van der Waals surface area contributed by atoms with Gasteiger partial charge in [0.15, 0.2) is 5.96 Å². The third kappa shape index (κ3) is 4.50. The Morgan fingerprint density at radius 3 is 2.39 bits per heavy atom. The number of aliphatic imine (C=N–C) groups is 1. The molecule has 148 valence electrons. The predicted molar refractivity (Wildman–Crippen MR) is 121 cm³/mol. The average Bonchev–Trinajstić information content (AvgIpc) is 3.46. The van der Waals surface area contributed by atoms with Crippen LogP contribution < -0.4 is 15.1 Å². The van der Waals surface area contributed by atoms with Crippen molar-refractivity contribution in [3.05, 3.63) is 59.5 Å². The first kappa shape index (κ1) is 18.9. The molecule has 1 N–H and O–H groups in total. The molecule has 1 saturated heterocycles. The highest BCUT2D eigenvalue weighted by Gasteiger charge is 2.20. The summed E-state index contributed by atoms with van der Waals surface area (Å²) in [6, 6.07) is 13.2. The van der Waals surface area contributed by atoms with Crippen LogP contribution in [0.2, 0.25) is 0 Å². The Kier molecular flexibility index (Phi) is 6.17. The molecule has 0 bridgehead atoms. The summed E-state index contributed by atoms with van der Waals surface area (Å²) >= 11 is 1.82.